The molecule has 0 bridgehead atoms. The van der Waals surface area contributed by atoms with Crippen LogP contribution in [-0.4, -0.2) is 15.0 Å². The Morgan fingerprint density at radius 3 is 1.44 bits per heavy atom. The van der Waals surface area contributed by atoms with Crippen LogP contribution >= 0.6 is 0 Å². The van der Waals surface area contributed by atoms with E-state index in [1.54, 1.807) is 0 Å². The summed E-state index contributed by atoms with van der Waals surface area (Å²) >= 11 is 0. The average molecular weight is 794 g/mol. The fourth-order valence-corrected chi connectivity index (χ4v) is 9.95. The highest BCUT2D eigenvalue weighted by molar-refractivity contribution is 6.01. The van der Waals surface area contributed by atoms with Gasteiger partial charge in [0.25, 0.3) is 0 Å². The summed E-state index contributed by atoms with van der Waals surface area (Å²) in [5, 5.41) is 0. The van der Waals surface area contributed by atoms with Crippen LogP contribution in [0.25, 0.3) is 67.3 Å². The minimum Gasteiger partial charge on any atom is -0.208 e. The number of rotatable bonds is 6. The third-order valence-electron chi connectivity index (χ3n) is 12.7. The Bertz CT molecular complexity index is 3050. The lowest BCUT2D eigenvalue weighted by Gasteiger charge is -2.34. The quantitative estimate of drug-likeness (QED) is 0.168. The molecule has 0 amide bonds. The Balaban J connectivity index is 1.09. The molecule has 3 heteroatoms. The molecular formula is C59H43N3. The van der Waals surface area contributed by atoms with Crippen LogP contribution in [0, 0.1) is 5.92 Å². The first kappa shape index (κ1) is 37.3. The van der Waals surface area contributed by atoms with Crippen molar-refractivity contribution < 1.29 is 0 Å². The molecule has 3 aliphatic rings. The highest BCUT2D eigenvalue weighted by atomic mass is 15.0. The van der Waals surface area contributed by atoms with Gasteiger partial charge in [0.15, 0.2) is 17.5 Å². The Kier molecular flexibility index (Phi) is 9.24. The molecule has 0 fully saturated rings. The van der Waals surface area contributed by atoms with Crippen LogP contribution in [0.1, 0.15) is 41.9 Å². The lowest BCUT2D eigenvalue weighted by atomic mass is 9.67. The summed E-state index contributed by atoms with van der Waals surface area (Å²) < 4.78 is 0. The van der Waals surface area contributed by atoms with Gasteiger partial charge in [-0.1, -0.05) is 213 Å². The molecule has 0 radical (unpaired) electrons. The average Bonchev–Trinajstić information content (AvgIpc) is 3.80. The van der Waals surface area contributed by atoms with Gasteiger partial charge >= 0.3 is 0 Å². The summed E-state index contributed by atoms with van der Waals surface area (Å²) in [6.45, 7) is 4.41. The van der Waals surface area contributed by atoms with E-state index in [1.807, 2.05) is 12.1 Å². The highest BCUT2D eigenvalue weighted by Crippen LogP contribution is 2.65. The molecule has 1 heterocycles. The second-order valence-electron chi connectivity index (χ2n) is 16.3. The van der Waals surface area contributed by atoms with Crippen LogP contribution in [0.15, 0.2) is 230 Å². The Morgan fingerprint density at radius 2 is 0.903 bits per heavy atom. The van der Waals surface area contributed by atoms with Crippen LogP contribution in [0.2, 0.25) is 0 Å². The second kappa shape index (κ2) is 15.4. The lowest BCUT2D eigenvalue weighted by Crippen LogP contribution is -2.28. The molecule has 0 saturated heterocycles. The number of hydrogen-bond donors (Lipinski definition) is 0. The maximum atomic E-state index is 5.27. The fourth-order valence-electron chi connectivity index (χ4n) is 9.95. The number of hydrogen-bond acceptors (Lipinski definition) is 3. The minimum atomic E-state index is -0.475. The van der Waals surface area contributed by atoms with Crippen molar-refractivity contribution in [1.29, 1.82) is 0 Å². The molecule has 0 saturated carbocycles. The maximum absolute atomic E-state index is 5.27. The molecule has 1 atom stereocenters. The molecular weight excluding hydrogens is 751 g/mol. The number of benzene rings is 7. The third-order valence-corrected chi connectivity index (χ3v) is 12.7. The summed E-state index contributed by atoms with van der Waals surface area (Å²) in [4.78, 5) is 15.7. The fraction of sp³-hybridized carbons (Fsp3) is 0.0678. The van der Waals surface area contributed by atoms with E-state index in [-0.39, 0.29) is 5.92 Å². The molecule has 11 rings (SSSR count). The van der Waals surface area contributed by atoms with E-state index in [1.165, 1.54) is 50.1 Å². The van der Waals surface area contributed by atoms with Gasteiger partial charge in [-0.05, 0) is 91.4 Å². The largest absolute Gasteiger partial charge is 0.208 e. The zero-order valence-corrected chi connectivity index (χ0v) is 34.7. The van der Waals surface area contributed by atoms with Crippen molar-refractivity contribution in [2.45, 2.75) is 19.3 Å². The van der Waals surface area contributed by atoms with Crippen LogP contribution in [0.5, 0.6) is 0 Å². The van der Waals surface area contributed by atoms with E-state index in [2.05, 4.69) is 220 Å². The van der Waals surface area contributed by atoms with Gasteiger partial charge in [-0.3, -0.25) is 0 Å². The molecule has 62 heavy (non-hydrogen) atoms. The summed E-state index contributed by atoms with van der Waals surface area (Å²) in [7, 11) is 0. The van der Waals surface area contributed by atoms with E-state index >= 15 is 0 Å². The molecule has 7 aromatic carbocycles. The Hall–Kier alpha value is -7.75. The van der Waals surface area contributed by atoms with Crippen LogP contribution < -0.4 is 0 Å². The predicted octanol–water partition coefficient (Wildman–Crippen LogP) is 14.4. The summed E-state index contributed by atoms with van der Waals surface area (Å²) in [6.07, 6.45) is 13.5. The zero-order valence-electron chi connectivity index (χ0n) is 34.7. The smallest absolute Gasteiger partial charge is 0.164 e. The van der Waals surface area contributed by atoms with E-state index in [0.717, 1.165) is 39.0 Å². The van der Waals surface area contributed by atoms with Crippen molar-refractivity contribution in [1.82, 2.24) is 15.0 Å². The lowest BCUT2D eigenvalue weighted by molar-refractivity contribution is 0.758. The molecule has 294 valence electrons. The molecule has 1 aromatic heterocycles. The molecule has 3 aliphatic carbocycles. The van der Waals surface area contributed by atoms with Crippen molar-refractivity contribution >= 4 is 11.1 Å². The van der Waals surface area contributed by atoms with Crippen molar-refractivity contribution in [3.8, 4) is 56.2 Å². The van der Waals surface area contributed by atoms with Gasteiger partial charge < -0.3 is 0 Å². The van der Waals surface area contributed by atoms with Crippen LogP contribution in [0.3, 0.4) is 0 Å². The van der Waals surface area contributed by atoms with E-state index in [4.69, 9.17) is 15.0 Å². The molecule has 0 N–H and O–H groups in total. The van der Waals surface area contributed by atoms with Gasteiger partial charge in [0, 0.05) is 22.6 Å². The third kappa shape index (κ3) is 6.08. The van der Waals surface area contributed by atoms with Gasteiger partial charge in [-0.2, -0.15) is 0 Å². The van der Waals surface area contributed by atoms with E-state index in [0.29, 0.717) is 17.5 Å². The van der Waals surface area contributed by atoms with E-state index < -0.39 is 5.41 Å². The summed E-state index contributed by atoms with van der Waals surface area (Å²) in [5.41, 5.74) is 18.6. The van der Waals surface area contributed by atoms with Crippen LogP contribution in [0.4, 0.5) is 0 Å². The first-order chi connectivity index (χ1) is 30.6. The SMILES string of the molecule is C\C=C/C=C1/C(=C2/C=CC(c3nc(-c4cccc(-c5ccccc5)c4)nc(-c4cccc(-c5ccccc5)c4)n3)=CC2C)C2(c3ccccc31)c1ccccc1-c1ccccc12. The van der Waals surface area contributed by atoms with Crippen molar-refractivity contribution in [2.75, 3.05) is 0 Å². The van der Waals surface area contributed by atoms with Gasteiger partial charge in [0.2, 0.25) is 0 Å². The number of nitrogens with zero attached hydrogens (tertiary/aromatic N) is 3. The topological polar surface area (TPSA) is 38.7 Å². The van der Waals surface area contributed by atoms with Crippen molar-refractivity contribution in [2.24, 2.45) is 5.92 Å². The van der Waals surface area contributed by atoms with Gasteiger partial charge in [-0.15, -0.1) is 0 Å². The first-order valence-corrected chi connectivity index (χ1v) is 21.5. The highest BCUT2D eigenvalue weighted by Gasteiger charge is 2.54. The number of aromatic nitrogens is 3. The second-order valence-corrected chi connectivity index (χ2v) is 16.3. The van der Waals surface area contributed by atoms with Gasteiger partial charge in [-0.25, -0.2) is 15.0 Å². The summed E-state index contributed by atoms with van der Waals surface area (Å²) in [5.74, 6) is 1.97. The molecule has 1 spiro atoms. The van der Waals surface area contributed by atoms with Crippen LogP contribution in [-0.2, 0) is 5.41 Å². The normalized spacial score (nSPS) is 17.6. The summed E-state index contributed by atoms with van der Waals surface area (Å²) in [6, 6.07) is 65.0. The zero-order chi connectivity index (χ0) is 41.6. The number of allylic oxidation sites excluding steroid dienone is 10. The predicted molar refractivity (Wildman–Crippen MR) is 256 cm³/mol. The Labute approximate surface area is 363 Å². The standard InChI is InChI=1S/C59H43N3/c1-3-4-27-51-50-30-13-16-33-54(50)59(52-31-14-11-28-48(52)49-29-12-15-32-53(49)59)55(51)47-35-34-46(36-39(47)2)58-61-56(44-25-17-23-42(37-44)40-19-7-5-8-20-40)60-57(62-58)45-26-18-24-43(38-45)41-21-9-6-10-22-41/h3-39H,1-2H3/b4-3-,51-27+,55-47+. The Morgan fingerprint density at radius 1 is 0.452 bits per heavy atom. The van der Waals surface area contributed by atoms with E-state index in [9.17, 15) is 0 Å². The minimum absolute atomic E-state index is 0.0385. The molecule has 1 unspecified atom stereocenters. The van der Waals surface area contributed by atoms with Gasteiger partial charge in [0.1, 0.15) is 0 Å². The monoisotopic (exact) mass is 793 g/mol. The molecule has 0 aliphatic heterocycles. The van der Waals surface area contributed by atoms with Gasteiger partial charge in [0.05, 0.1) is 5.41 Å². The van der Waals surface area contributed by atoms with Crippen molar-refractivity contribution in [3.63, 3.8) is 0 Å². The first-order valence-electron chi connectivity index (χ1n) is 21.5. The molecule has 3 nitrogen and oxygen atoms in total. The number of fused-ring (bicyclic) bond motifs is 7. The molecule has 8 aromatic rings. The van der Waals surface area contributed by atoms with Crippen molar-refractivity contribution in [3.05, 3.63) is 258 Å². The maximum Gasteiger partial charge on any atom is 0.164 e.